The molecule has 0 saturated heterocycles. The van der Waals surface area contributed by atoms with Gasteiger partial charge in [0.1, 0.15) is 0 Å². The highest BCUT2D eigenvalue weighted by Crippen LogP contribution is 2.22. The number of nitrogens with two attached hydrogens (primary N) is 1. The third-order valence-corrected chi connectivity index (χ3v) is 2.96. The summed E-state index contributed by atoms with van der Waals surface area (Å²) in [4.78, 5) is 11.1. The zero-order valence-corrected chi connectivity index (χ0v) is 10.2. The molecule has 1 aromatic carbocycles. The summed E-state index contributed by atoms with van der Waals surface area (Å²) < 4.78 is 2.14. The molecule has 0 radical (unpaired) electrons. The van der Waals surface area contributed by atoms with Crippen LogP contribution in [0.25, 0.3) is 10.9 Å². The number of hydrogen-bond acceptors (Lipinski definition) is 1. The first kappa shape index (κ1) is 12.3. The van der Waals surface area contributed by atoms with Gasteiger partial charge < -0.3 is 10.3 Å². The van der Waals surface area contributed by atoms with Crippen molar-refractivity contribution in [2.45, 2.75) is 25.8 Å². The summed E-state index contributed by atoms with van der Waals surface area (Å²) in [6, 6.07) is 8.04. The van der Waals surface area contributed by atoms with Gasteiger partial charge in [-0.05, 0) is 18.1 Å². The number of carbonyl (C=O) groups excluding carboxylic acids is 1. The van der Waals surface area contributed by atoms with Crippen molar-refractivity contribution in [3.63, 3.8) is 0 Å². The van der Waals surface area contributed by atoms with E-state index in [4.69, 9.17) is 12.2 Å². The molecule has 1 amide bonds. The molecule has 1 aromatic heterocycles. The van der Waals surface area contributed by atoms with Crippen LogP contribution in [0.2, 0.25) is 0 Å². The van der Waals surface area contributed by atoms with E-state index >= 15 is 0 Å². The third kappa shape index (κ3) is 2.54. The van der Waals surface area contributed by atoms with Crippen molar-refractivity contribution in [2.75, 3.05) is 0 Å². The van der Waals surface area contributed by atoms with Crippen LogP contribution in [-0.4, -0.2) is 10.5 Å². The minimum Gasteiger partial charge on any atom is -0.369 e. The molecule has 0 fully saturated rings. The molecule has 2 aromatic rings. The highest BCUT2D eigenvalue weighted by Gasteiger charge is 2.09. The molecule has 0 aliphatic carbocycles. The van der Waals surface area contributed by atoms with Gasteiger partial charge in [-0.15, -0.1) is 12.3 Å². The second kappa shape index (κ2) is 5.42. The van der Waals surface area contributed by atoms with E-state index in [-0.39, 0.29) is 12.3 Å². The smallest absolute Gasteiger partial charge is 0.221 e. The molecular formula is C15H16N2O. The van der Waals surface area contributed by atoms with Gasteiger partial charge in [0.15, 0.2) is 0 Å². The lowest BCUT2D eigenvalue weighted by molar-refractivity contribution is -0.117. The first-order valence-corrected chi connectivity index (χ1v) is 6.01. The summed E-state index contributed by atoms with van der Waals surface area (Å²) >= 11 is 0. The van der Waals surface area contributed by atoms with Gasteiger partial charge in [0.05, 0.1) is 6.42 Å². The van der Waals surface area contributed by atoms with Crippen LogP contribution in [0.15, 0.2) is 30.5 Å². The largest absolute Gasteiger partial charge is 0.369 e. The zero-order valence-electron chi connectivity index (χ0n) is 10.2. The maximum absolute atomic E-state index is 11.1. The Morgan fingerprint density at radius 1 is 1.39 bits per heavy atom. The fraction of sp³-hybridized carbons (Fsp3) is 0.267. The van der Waals surface area contributed by atoms with Crippen LogP contribution in [0.1, 0.15) is 18.4 Å². The van der Waals surface area contributed by atoms with Crippen LogP contribution in [0.3, 0.4) is 0 Å². The first-order chi connectivity index (χ1) is 8.72. The second-order valence-electron chi connectivity index (χ2n) is 4.32. The van der Waals surface area contributed by atoms with Crippen LogP contribution < -0.4 is 5.73 Å². The van der Waals surface area contributed by atoms with Crippen LogP contribution in [0.5, 0.6) is 0 Å². The number of nitrogens with zero attached hydrogens (tertiary/aromatic N) is 1. The lowest BCUT2D eigenvalue weighted by Gasteiger charge is -2.02. The predicted molar refractivity (Wildman–Crippen MR) is 72.9 cm³/mol. The Labute approximate surface area is 107 Å². The lowest BCUT2D eigenvalue weighted by atomic mass is 10.1. The van der Waals surface area contributed by atoms with Gasteiger partial charge in [-0.1, -0.05) is 18.2 Å². The van der Waals surface area contributed by atoms with Crippen LogP contribution in [0.4, 0.5) is 0 Å². The van der Waals surface area contributed by atoms with Gasteiger partial charge in [0.25, 0.3) is 0 Å². The van der Waals surface area contributed by atoms with E-state index < -0.39 is 0 Å². The average molecular weight is 240 g/mol. The van der Waals surface area contributed by atoms with Crippen LogP contribution in [0, 0.1) is 12.3 Å². The van der Waals surface area contributed by atoms with E-state index in [0.717, 1.165) is 35.9 Å². The maximum Gasteiger partial charge on any atom is 0.221 e. The van der Waals surface area contributed by atoms with Gasteiger partial charge in [0.2, 0.25) is 5.91 Å². The Bertz CT molecular complexity index is 604. The topological polar surface area (TPSA) is 48.0 Å². The molecule has 3 heteroatoms. The highest BCUT2D eigenvalue weighted by atomic mass is 16.1. The third-order valence-electron chi connectivity index (χ3n) is 2.96. The molecule has 0 aliphatic rings. The lowest BCUT2D eigenvalue weighted by Crippen LogP contribution is -2.13. The van der Waals surface area contributed by atoms with Crippen LogP contribution in [-0.2, 0) is 17.8 Å². The van der Waals surface area contributed by atoms with Gasteiger partial charge in [0, 0.05) is 30.1 Å². The quantitative estimate of drug-likeness (QED) is 0.631. The van der Waals surface area contributed by atoms with E-state index in [1.54, 1.807) is 0 Å². The van der Waals surface area contributed by atoms with E-state index in [2.05, 4.69) is 16.6 Å². The number of aromatic nitrogens is 1. The molecule has 18 heavy (non-hydrogen) atoms. The van der Waals surface area contributed by atoms with Gasteiger partial charge >= 0.3 is 0 Å². The summed E-state index contributed by atoms with van der Waals surface area (Å²) in [5.74, 6) is 2.33. The number of para-hydroxylation sites is 1. The van der Waals surface area contributed by atoms with Crippen molar-refractivity contribution >= 4 is 16.8 Å². The molecule has 92 valence electrons. The normalized spacial score (nSPS) is 10.4. The Balaban J connectivity index is 2.35. The number of carbonyl (C=O) groups is 1. The van der Waals surface area contributed by atoms with E-state index in [1.165, 1.54) is 0 Å². The van der Waals surface area contributed by atoms with Crippen LogP contribution >= 0.6 is 0 Å². The first-order valence-electron chi connectivity index (χ1n) is 6.01. The van der Waals surface area contributed by atoms with Crippen molar-refractivity contribution < 1.29 is 4.79 Å². The maximum atomic E-state index is 11.1. The standard InChI is InChI=1S/C15H16N2O/c1-2-3-6-9-17-11-12(10-15(16)18)13-7-4-5-8-14(13)17/h1,4-5,7-8,11H,3,6,9-10H2,(H2,16,18). The molecular weight excluding hydrogens is 224 g/mol. The molecule has 0 atom stereocenters. The van der Waals surface area contributed by atoms with Crippen molar-refractivity contribution in [1.82, 2.24) is 4.57 Å². The van der Waals surface area contributed by atoms with Gasteiger partial charge in [-0.25, -0.2) is 0 Å². The Kier molecular flexibility index (Phi) is 3.69. The fourth-order valence-electron chi connectivity index (χ4n) is 2.19. The Hall–Kier alpha value is -2.21. The molecule has 1 heterocycles. The SMILES string of the molecule is C#CCCCn1cc(CC(N)=O)c2ccccc21. The molecule has 2 N–H and O–H groups in total. The molecule has 0 unspecified atom stereocenters. The molecule has 2 rings (SSSR count). The second-order valence-corrected chi connectivity index (χ2v) is 4.32. The zero-order chi connectivity index (χ0) is 13.0. The Morgan fingerprint density at radius 2 is 2.17 bits per heavy atom. The molecule has 0 aliphatic heterocycles. The van der Waals surface area contributed by atoms with E-state index in [0.29, 0.717) is 0 Å². The number of benzene rings is 1. The molecule has 0 bridgehead atoms. The Morgan fingerprint density at radius 3 is 2.89 bits per heavy atom. The van der Waals surface area contributed by atoms with Crippen molar-refractivity contribution in [3.8, 4) is 12.3 Å². The summed E-state index contributed by atoms with van der Waals surface area (Å²) in [6.07, 6.45) is 9.24. The number of terminal acetylenes is 1. The number of rotatable bonds is 5. The number of primary amides is 1. The number of fused-ring (bicyclic) bond motifs is 1. The fourth-order valence-corrected chi connectivity index (χ4v) is 2.19. The molecule has 0 spiro atoms. The number of amides is 1. The number of hydrogen-bond donors (Lipinski definition) is 1. The highest BCUT2D eigenvalue weighted by molar-refractivity contribution is 5.88. The summed E-state index contributed by atoms with van der Waals surface area (Å²) in [7, 11) is 0. The van der Waals surface area contributed by atoms with E-state index in [1.807, 2.05) is 24.4 Å². The summed E-state index contributed by atoms with van der Waals surface area (Å²) in [5.41, 5.74) is 7.39. The minimum atomic E-state index is -0.304. The average Bonchev–Trinajstić information content (AvgIpc) is 2.68. The minimum absolute atomic E-state index is 0.280. The molecule has 3 nitrogen and oxygen atoms in total. The molecule has 0 saturated carbocycles. The predicted octanol–water partition coefficient (Wildman–Crippen LogP) is 2.08. The number of aryl methyl sites for hydroxylation is 1. The van der Waals surface area contributed by atoms with Gasteiger partial charge in [-0.3, -0.25) is 4.79 Å². The van der Waals surface area contributed by atoms with Gasteiger partial charge in [-0.2, -0.15) is 0 Å². The summed E-state index contributed by atoms with van der Waals surface area (Å²) in [5, 5.41) is 1.09. The van der Waals surface area contributed by atoms with Crippen molar-refractivity contribution in [1.29, 1.82) is 0 Å². The van der Waals surface area contributed by atoms with Crippen molar-refractivity contribution in [2.24, 2.45) is 5.73 Å². The van der Waals surface area contributed by atoms with E-state index in [9.17, 15) is 4.79 Å². The monoisotopic (exact) mass is 240 g/mol. The number of unbranched alkanes of at least 4 members (excludes halogenated alkanes) is 1. The van der Waals surface area contributed by atoms with Crippen molar-refractivity contribution in [3.05, 3.63) is 36.0 Å². The summed E-state index contributed by atoms with van der Waals surface area (Å²) in [6.45, 7) is 0.865.